The molecule has 32 heavy (non-hydrogen) atoms. The van der Waals surface area contributed by atoms with Crippen LogP contribution >= 0.6 is 27.7 Å². The number of fused-ring (bicyclic) bond motifs is 1. The van der Waals surface area contributed by atoms with Gasteiger partial charge in [0.1, 0.15) is 5.76 Å². The van der Waals surface area contributed by atoms with Gasteiger partial charge in [-0.05, 0) is 53.2 Å². The van der Waals surface area contributed by atoms with Gasteiger partial charge < -0.3 is 9.73 Å². The van der Waals surface area contributed by atoms with Gasteiger partial charge in [0, 0.05) is 15.7 Å². The standard InChI is InChI=1S/C24H18BrN3O3S/c25-19-7-3-6-18(12-19)24(30)28-26-14-21-10-11-23(31-21)32-15-22(29)27-20-9-8-16-4-1-2-5-17(16)13-20/h1-14H,15H2,(H,27,29)(H,28,30). The predicted molar refractivity (Wildman–Crippen MR) is 131 cm³/mol. The van der Waals surface area contributed by atoms with Crippen molar-refractivity contribution in [2.45, 2.75) is 5.09 Å². The Balaban J connectivity index is 1.26. The highest BCUT2D eigenvalue weighted by Gasteiger charge is 2.08. The average Bonchev–Trinajstić information content (AvgIpc) is 3.25. The first kappa shape index (κ1) is 21.9. The smallest absolute Gasteiger partial charge is 0.271 e. The van der Waals surface area contributed by atoms with Crippen LogP contribution in [-0.4, -0.2) is 23.8 Å². The van der Waals surface area contributed by atoms with Gasteiger partial charge in [-0.2, -0.15) is 5.10 Å². The number of amides is 2. The molecule has 0 bridgehead atoms. The van der Waals surface area contributed by atoms with E-state index < -0.39 is 0 Å². The second kappa shape index (κ2) is 10.3. The molecule has 0 saturated carbocycles. The van der Waals surface area contributed by atoms with E-state index in [-0.39, 0.29) is 17.6 Å². The maximum absolute atomic E-state index is 12.3. The number of rotatable bonds is 7. The van der Waals surface area contributed by atoms with Crippen LogP contribution in [0.4, 0.5) is 5.69 Å². The fourth-order valence-electron chi connectivity index (χ4n) is 2.93. The lowest BCUT2D eigenvalue weighted by Crippen LogP contribution is -2.17. The van der Waals surface area contributed by atoms with E-state index in [0.29, 0.717) is 16.4 Å². The molecule has 6 nitrogen and oxygen atoms in total. The van der Waals surface area contributed by atoms with Gasteiger partial charge in [-0.1, -0.05) is 64.1 Å². The maximum Gasteiger partial charge on any atom is 0.271 e. The molecule has 0 radical (unpaired) electrons. The fourth-order valence-corrected chi connectivity index (χ4v) is 4.00. The first-order chi connectivity index (χ1) is 15.6. The van der Waals surface area contributed by atoms with Crippen molar-refractivity contribution in [2.75, 3.05) is 11.1 Å². The lowest BCUT2D eigenvalue weighted by molar-refractivity contribution is -0.113. The van der Waals surface area contributed by atoms with Crippen LogP contribution in [0.15, 0.2) is 97.9 Å². The normalized spacial score (nSPS) is 11.0. The third kappa shape index (κ3) is 5.87. The van der Waals surface area contributed by atoms with Gasteiger partial charge >= 0.3 is 0 Å². The first-order valence-electron chi connectivity index (χ1n) is 9.67. The zero-order valence-corrected chi connectivity index (χ0v) is 19.2. The summed E-state index contributed by atoms with van der Waals surface area (Å²) in [5.74, 6) is 0.223. The van der Waals surface area contributed by atoms with E-state index in [0.717, 1.165) is 20.9 Å². The number of hydrogen-bond donors (Lipinski definition) is 2. The molecule has 2 amide bonds. The molecule has 0 unspecified atom stereocenters. The molecule has 4 aromatic rings. The van der Waals surface area contributed by atoms with Gasteiger partial charge in [-0.15, -0.1) is 0 Å². The number of furan rings is 1. The molecule has 0 aliphatic heterocycles. The van der Waals surface area contributed by atoms with E-state index in [1.54, 1.807) is 30.3 Å². The average molecular weight is 508 g/mol. The van der Waals surface area contributed by atoms with E-state index in [1.807, 2.05) is 48.5 Å². The van der Waals surface area contributed by atoms with E-state index in [2.05, 4.69) is 31.8 Å². The zero-order valence-electron chi connectivity index (χ0n) is 16.7. The highest BCUT2D eigenvalue weighted by Crippen LogP contribution is 2.22. The minimum atomic E-state index is -0.325. The van der Waals surface area contributed by atoms with Crippen molar-refractivity contribution in [3.63, 3.8) is 0 Å². The Labute approximate surface area is 197 Å². The van der Waals surface area contributed by atoms with E-state index in [9.17, 15) is 9.59 Å². The summed E-state index contributed by atoms with van der Waals surface area (Å²) in [6.07, 6.45) is 1.41. The number of halogens is 1. The highest BCUT2D eigenvalue weighted by atomic mass is 79.9. The second-order valence-corrected chi connectivity index (χ2v) is 8.66. The van der Waals surface area contributed by atoms with Crippen LogP contribution in [0.2, 0.25) is 0 Å². The SMILES string of the molecule is O=C(CSc1ccc(C=NNC(=O)c2cccc(Br)c2)o1)Nc1ccc2ccccc2c1. The number of nitrogens with zero attached hydrogens (tertiary/aromatic N) is 1. The van der Waals surface area contributed by atoms with E-state index in [1.165, 1.54) is 18.0 Å². The van der Waals surface area contributed by atoms with Crippen LogP contribution in [-0.2, 0) is 4.79 Å². The second-order valence-electron chi connectivity index (χ2n) is 6.77. The molecule has 1 heterocycles. The Hall–Kier alpha value is -3.36. The summed E-state index contributed by atoms with van der Waals surface area (Å²) in [6.45, 7) is 0. The Morgan fingerprint density at radius 3 is 2.66 bits per heavy atom. The van der Waals surface area contributed by atoms with Crippen molar-refractivity contribution in [3.05, 3.63) is 94.7 Å². The van der Waals surface area contributed by atoms with Gasteiger partial charge in [0.2, 0.25) is 5.91 Å². The number of benzene rings is 3. The van der Waals surface area contributed by atoms with Crippen LogP contribution in [0.5, 0.6) is 0 Å². The number of nitrogens with one attached hydrogen (secondary N) is 2. The van der Waals surface area contributed by atoms with E-state index >= 15 is 0 Å². The molecule has 0 fully saturated rings. The zero-order chi connectivity index (χ0) is 22.3. The molecule has 160 valence electrons. The van der Waals surface area contributed by atoms with E-state index in [4.69, 9.17) is 4.42 Å². The topological polar surface area (TPSA) is 83.7 Å². The summed E-state index contributed by atoms with van der Waals surface area (Å²) in [5.41, 5.74) is 3.70. The Morgan fingerprint density at radius 1 is 0.969 bits per heavy atom. The Kier molecular flexibility index (Phi) is 7.03. The van der Waals surface area contributed by atoms with Crippen LogP contribution in [0.25, 0.3) is 10.8 Å². The van der Waals surface area contributed by atoms with Gasteiger partial charge in [0.15, 0.2) is 5.09 Å². The molecule has 3 aromatic carbocycles. The first-order valence-corrected chi connectivity index (χ1v) is 11.4. The van der Waals surface area contributed by atoms with Gasteiger partial charge in [0.25, 0.3) is 5.91 Å². The summed E-state index contributed by atoms with van der Waals surface area (Å²) >= 11 is 4.60. The fraction of sp³-hybridized carbons (Fsp3) is 0.0417. The van der Waals surface area contributed by atoms with Crippen LogP contribution in [0.1, 0.15) is 16.1 Å². The summed E-state index contributed by atoms with van der Waals surface area (Å²) in [6, 6.07) is 24.3. The number of carbonyl (C=O) groups excluding carboxylic acids is 2. The highest BCUT2D eigenvalue weighted by molar-refractivity contribution is 9.10. The molecule has 8 heteroatoms. The predicted octanol–water partition coefficient (Wildman–Crippen LogP) is 5.69. The van der Waals surface area contributed by atoms with Crippen LogP contribution in [0, 0.1) is 0 Å². The monoisotopic (exact) mass is 507 g/mol. The summed E-state index contributed by atoms with van der Waals surface area (Å²) in [4.78, 5) is 24.4. The van der Waals surface area contributed by atoms with Crippen molar-refractivity contribution in [2.24, 2.45) is 5.10 Å². The quantitative estimate of drug-likeness (QED) is 0.191. The number of carbonyl (C=O) groups is 2. The van der Waals surface area contributed by atoms with Gasteiger partial charge in [-0.25, -0.2) is 5.43 Å². The van der Waals surface area contributed by atoms with Crippen molar-refractivity contribution < 1.29 is 14.0 Å². The van der Waals surface area contributed by atoms with Gasteiger partial charge in [-0.3, -0.25) is 9.59 Å². The van der Waals surface area contributed by atoms with Crippen molar-refractivity contribution in [1.29, 1.82) is 0 Å². The molecule has 0 atom stereocenters. The lowest BCUT2D eigenvalue weighted by Gasteiger charge is -2.06. The Morgan fingerprint density at radius 2 is 1.81 bits per heavy atom. The van der Waals surface area contributed by atoms with Crippen molar-refractivity contribution in [3.8, 4) is 0 Å². The van der Waals surface area contributed by atoms with Gasteiger partial charge in [0.05, 0.1) is 12.0 Å². The number of hydrogen-bond acceptors (Lipinski definition) is 5. The minimum absolute atomic E-state index is 0.127. The third-order valence-corrected chi connectivity index (χ3v) is 5.83. The molecule has 0 spiro atoms. The molecular weight excluding hydrogens is 490 g/mol. The molecular formula is C24H18BrN3O3S. The maximum atomic E-state index is 12.3. The minimum Gasteiger partial charge on any atom is -0.449 e. The Bertz CT molecular complexity index is 1300. The molecule has 4 rings (SSSR count). The third-order valence-electron chi connectivity index (χ3n) is 4.43. The molecule has 0 aliphatic rings. The number of thioether (sulfide) groups is 1. The number of hydrazone groups is 1. The lowest BCUT2D eigenvalue weighted by atomic mass is 10.1. The molecule has 1 aromatic heterocycles. The summed E-state index contributed by atoms with van der Waals surface area (Å²) in [7, 11) is 0. The van der Waals surface area contributed by atoms with Crippen LogP contribution < -0.4 is 10.7 Å². The molecule has 2 N–H and O–H groups in total. The van der Waals surface area contributed by atoms with Crippen molar-refractivity contribution in [1.82, 2.24) is 5.43 Å². The molecule has 0 saturated heterocycles. The largest absolute Gasteiger partial charge is 0.449 e. The molecule has 0 aliphatic carbocycles. The van der Waals surface area contributed by atoms with Crippen molar-refractivity contribution >= 4 is 62.2 Å². The van der Waals surface area contributed by atoms with Crippen LogP contribution in [0.3, 0.4) is 0 Å². The summed E-state index contributed by atoms with van der Waals surface area (Å²) < 4.78 is 6.43. The number of anilines is 1. The summed E-state index contributed by atoms with van der Waals surface area (Å²) in [5, 5.41) is 9.59.